The van der Waals surface area contributed by atoms with Gasteiger partial charge in [0.15, 0.2) is 5.82 Å². The van der Waals surface area contributed by atoms with Crippen molar-refractivity contribution in [2.75, 3.05) is 30.2 Å². The fourth-order valence-corrected chi connectivity index (χ4v) is 3.38. The standard InChI is InChI=1S/C14H23N3O4S/c1-11-4-7-16(8-5-11)14(18)6-9-17(22(3,19)20)13-10-12(2)21-15-13/h10-11H,4-9H2,1-3H3. The Morgan fingerprint density at radius 3 is 2.59 bits per heavy atom. The number of sulfonamides is 1. The van der Waals surface area contributed by atoms with Crippen LogP contribution in [0.3, 0.4) is 0 Å². The zero-order valence-corrected chi connectivity index (χ0v) is 14.1. The third-order valence-electron chi connectivity index (χ3n) is 3.94. The van der Waals surface area contributed by atoms with Gasteiger partial charge >= 0.3 is 0 Å². The van der Waals surface area contributed by atoms with Gasteiger partial charge in [0.1, 0.15) is 5.76 Å². The molecule has 2 rings (SSSR count). The van der Waals surface area contributed by atoms with Gasteiger partial charge in [0, 0.05) is 32.1 Å². The predicted molar refractivity (Wildman–Crippen MR) is 83.0 cm³/mol. The predicted octanol–water partition coefficient (Wildman–Crippen LogP) is 1.40. The number of likely N-dealkylation sites (tertiary alicyclic amines) is 1. The molecule has 0 atom stereocenters. The molecule has 1 fully saturated rings. The Hall–Kier alpha value is -1.57. The lowest BCUT2D eigenvalue weighted by Gasteiger charge is -2.31. The molecule has 2 heterocycles. The smallest absolute Gasteiger partial charge is 0.233 e. The number of piperidine rings is 1. The topological polar surface area (TPSA) is 83.7 Å². The summed E-state index contributed by atoms with van der Waals surface area (Å²) < 4.78 is 29.8. The quantitative estimate of drug-likeness (QED) is 0.815. The molecule has 1 amide bonds. The molecule has 0 unspecified atom stereocenters. The highest BCUT2D eigenvalue weighted by Gasteiger charge is 2.24. The van der Waals surface area contributed by atoms with Crippen molar-refractivity contribution in [3.63, 3.8) is 0 Å². The van der Waals surface area contributed by atoms with E-state index in [0.717, 1.165) is 36.5 Å². The molecule has 0 saturated carbocycles. The van der Waals surface area contributed by atoms with E-state index in [0.29, 0.717) is 11.7 Å². The average molecular weight is 329 g/mol. The van der Waals surface area contributed by atoms with Crippen LogP contribution < -0.4 is 4.31 Å². The van der Waals surface area contributed by atoms with E-state index in [-0.39, 0.29) is 24.7 Å². The Kier molecular flexibility index (Phi) is 5.10. The highest BCUT2D eigenvalue weighted by molar-refractivity contribution is 7.92. The van der Waals surface area contributed by atoms with E-state index >= 15 is 0 Å². The van der Waals surface area contributed by atoms with Crippen molar-refractivity contribution in [1.29, 1.82) is 0 Å². The van der Waals surface area contributed by atoms with Crippen molar-refractivity contribution in [1.82, 2.24) is 10.1 Å². The molecule has 8 heteroatoms. The SMILES string of the molecule is Cc1cc(N(CCC(=O)N2CCC(C)CC2)S(C)(=O)=O)no1. The van der Waals surface area contributed by atoms with Crippen LogP contribution in [0.1, 0.15) is 31.9 Å². The number of rotatable bonds is 5. The molecule has 0 spiro atoms. The lowest BCUT2D eigenvalue weighted by atomic mass is 9.99. The van der Waals surface area contributed by atoms with Crippen LogP contribution in [0.4, 0.5) is 5.82 Å². The summed E-state index contributed by atoms with van der Waals surface area (Å²) >= 11 is 0. The van der Waals surface area contributed by atoms with Gasteiger partial charge in [-0.1, -0.05) is 12.1 Å². The van der Waals surface area contributed by atoms with Crippen LogP contribution in [0.25, 0.3) is 0 Å². The number of carbonyl (C=O) groups excluding carboxylic acids is 1. The lowest BCUT2D eigenvalue weighted by Crippen LogP contribution is -2.40. The third-order valence-corrected chi connectivity index (χ3v) is 5.11. The first-order valence-electron chi connectivity index (χ1n) is 7.46. The molecule has 1 saturated heterocycles. The molecule has 0 N–H and O–H groups in total. The largest absolute Gasteiger partial charge is 0.360 e. The van der Waals surface area contributed by atoms with Gasteiger partial charge < -0.3 is 9.42 Å². The Balaban J connectivity index is 1.98. The summed E-state index contributed by atoms with van der Waals surface area (Å²) in [5.74, 6) is 1.38. The van der Waals surface area contributed by atoms with Crippen LogP contribution >= 0.6 is 0 Å². The molecular weight excluding hydrogens is 306 g/mol. The summed E-state index contributed by atoms with van der Waals surface area (Å²) in [4.78, 5) is 14.0. The van der Waals surface area contributed by atoms with Crippen molar-refractivity contribution < 1.29 is 17.7 Å². The summed E-state index contributed by atoms with van der Waals surface area (Å²) in [6, 6.07) is 1.55. The molecule has 0 radical (unpaired) electrons. The highest BCUT2D eigenvalue weighted by atomic mass is 32.2. The molecule has 22 heavy (non-hydrogen) atoms. The first-order chi connectivity index (χ1) is 10.3. The molecule has 0 aliphatic carbocycles. The maximum Gasteiger partial charge on any atom is 0.233 e. The second kappa shape index (κ2) is 6.68. The summed E-state index contributed by atoms with van der Waals surface area (Å²) in [6.07, 6.45) is 3.26. The molecule has 1 aromatic heterocycles. The van der Waals surface area contributed by atoms with Gasteiger partial charge in [0.25, 0.3) is 0 Å². The van der Waals surface area contributed by atoms with Gasteiger partial charge in [0.05, 0.1) is 6.26 Å². The van der Waals surface area contributed by atoms with Crippen LogP contribution in [-0.2, 0) is 14.8 Å². The Morgan fingerprint density at radius 1 is 1.45 bits per heavy atom. The van der Waals surface area contributed by atoms with E-state index in [9.17, 15) is 13.2 Å². The van der Waals surface area contributed by atoms with Crippen molar-refractivity contribution >= 4 is 21.7 Å². The maximum absolute atomic E-state index is 12.2. The minimum absolute atomic E-state index is 0.0132. The number of hydrogen-bond donors (Lipinski definition) is 0. The van der Waals surface area contributed by atoms with Crippen molar-refractivity contribution in [2.45, 2.75) is 33.1 Å². The van der Waals surface area contributed by atoms with Crippen molar-refractivity contribution in [3.8, 4) is 0 Å². The normalized spacial score (nSPS) is 16.8. The Bertz CT molecular complexity index is 618. The number of hydrogen-bond acceptors (Lipinski definition) is 5. The second-order valence-corrected chi connectivity index (χ2v) is 7.85. The molecular formula is C14H23N3O4S. The van der Waals surface area contributed by atoms with Crippen molar-refractivity contribution in [3.05, 3.63) is 11.8 Å². The summed E-state index contributed by atoms with van der Waals surface area (Å²) in [7, 11) is -3.50. The summed E-state index contributed by atoms with van der Waals surface area (Å²) in [6.45, 7) is 5.46. The van der Waals surface area contributed by atoms with E-state index in [2.05, 4.69) is 12.1 Å². The van der Waals surface area contributed by atoms with Crippen molar-refractivity contribution in [2.24, 2.45) is 5.92 Å². The van der Waals surface area contributed by atoms with E-state index in [1.54, 1.807) is 13.0 Å². The van der Waals surface area contributed by atoms with E-state index < -0.39 is 10.0 Å². The summed E-state index contributed by atoms with van der Waals surface area (Å²) in [5.41, 5.74) is 0. The van der Waals surface area contributed by atoms with Gasteiger partial charge in [-0.05, 0) is 25.7 Å². The first kappa shape index (κ1) is 16.8. The van der Waals surface area contributed by atoms with Gasteiger partial charge in [-0.3, -0.25) is 9.10 Å². The number of amides is 1. The highest BCUT2D eigenvalue weighted by Crippen LogP contribution is 2.19. The fraction of sp³-hybridized carbons (Fsp3) is 0.714. The summed E-state index contributed by atoms with van der Waals surface area (Å²) in [5, 5.41) is 3.73. The first-order valence-corrected chi connectivity index (χ1v) is 9.31. The maximum atomic E-state index is 12.2. The number of nitrogens with zero attached hydrogens (tertiary/aromatic N) is 3. The molecule has 124 valence electrons. The minimum Gasteiger partial charge on any atom is -0.360 e. The van der Waals surface area contributed by atoms with E-state index in [1.807, 2.05) is 4.90 Å². The molecule has 0 aromatic carbocycles. The molecule has 1 aliphatic heterocycles. The number of anilines is 1. The average Bonchev–Trinajstić information content (AvgIpc) is 2.84. The molecule has 1 aromatic rings. The molecule has 7 nitrogen and oxygen atoms in total. The van der Waals surface area contributed by atoms with Gasteiger partial charge in [0.2, 0.25) is 15.9 Å². The number of carbonyl (C=O) groups is 1. The van der Waals surface area contributed by atoms with Gasteiger partial charge in [-0.25, -0.2) is 8.42 Å². The minimum atomic E-state index is -3.50. The Morgan fingerprint density at radius 2 is 2.09 bits per heavy atom. The lowest BCUT2D eigenvalue weighted by molar-refractivity contribution is -0.132. The Labute approximate surface area is 131 Å². The second-order valence-electron chi connectivity index (χ2n) is 5.94. The van der Waals surface area contributed by atoms with Gasteiger partial charge in [-0.2, -0.15) is 0 Å². The van der Waals surface area contributed by atoms with Crippen LogP contribution in [-0.4, -0.2) is 50.3 Å². The zero-order chi connectivity index (χ0) is 16.3. The van der Waals surface area contributed by atoms with Crippen LogP contribution in [0.15, 0.2) is 10.6 Å². The van der Waals surface area contributed by atoms with Crippen LogP contribution in [0.5, 0.6) is 0 Å². The van der Waals surface area contributed by atoms with Gasteiger partial charge in [-0.15, -0.1) is 0 Å². The van der Waals surface area contributed by atoms with E-state index in [1.165, 1.54) is 0 Å². The van der Waals surface area contributed by atoms with E-state index in [4.69, 9.17) is 4.52 Å². The van der Waals surface area contributed by atoms with Crippen LogP contribution in [0, 0.1) is 12.8 Å². The number of aromatic nitrogens is 1. The van der Waals surface area contributed by atoms with Crippen LogP contribution in [0.2, 0.25) is 0 Å². The number of aryl methyl sites for hydroxylation is 1. The molecule has 1 aliphatic rings. The zero-order valence-electron chi connectivity index (χ0n) is 13.3. The molecule has 0 bridgehead atoms. The fourth-order valence-electron chi connectivity index (χ4n) is 2.53. The third kappa shape index (κ3) is 4.22. The monoisotopic (exact) mass is 329 g/mol.